The molecule has 132 valence electrons. The van der Waals surface area contributed by atoms with E-state index in [0.29, 0.717) is 35.6 Å². The molecule has 1 saturated heterocycles. The van der Waals surface area contributed by atoms with Crippen LogP contribution >= 0.6 is 22.9 Å². The number of carbonyl (C=O) groups excluding carboxylic acids is 1. The Morgan fingerprint density at radius 2 is 2.32 bits per heavy atom. The van der Waals surface area contributed by atoms with Crippen LogP contribution in [0.4, 0.5) is 0 Å². The Bertz CT molecular complexity index is 818. The molecule has 1 fully saturated rings. The fraction of sp³-hybridized carbons (Fsp3) is 0.500. The standard InChI is InChI=1S/C16H17ClN4O3S/c1-9-18-15(24-19-9)10-3-2-6-21(8-10)16(22)12-7-11(20-23-12)13-4-5-14(17)25-13/h4-5,10,12H,2-3,6-8H2,1H3. The zero-order chi connectivity index (χ0) is 17.4. The van der Waals surface area contributed by atoms with Gasteiger partial charge in [0.2, 0.25) is 12.0 Å². The lowest BCUT2D eigenvalue weighted by Crippen LogP contribution is -2.44. The van der Waals surface area contributed by atoms with Crippen LogP contribution in [-0.4, -0.2) is 45.9 Å². The third-order valence-corrected chi connectivity index (χ3v) is 5.71. The van der Waals surface area contributed by atoms with Crippen LogP contribution in [-0.2, 0) is 9.63 Å². The first kappa shape index (κ1) is 16.5. The molecule has 2 aliphatic heterocycles. The van der Waals surface area contributed by atoms with E-state index in [1.54, 1.807) is 6.92 Å². The molecule has 2 aromatic heterocycles. The molecule has 0 spiro atoms. The van der Waals surface area contributed by atoms with Gasteiger partial charge in [0.05, 0.1) is 15.1 Å². The first-order valence-electron chi connectivity index (χ1n) is 8.17. The van der Waals surface area contributed by atoms with E-state index in [0.717, 1.165) is 23.4 Å². The maximum absolute atomic E-state index is 12.8. The summed E-state index contributed by atoms with van der Waals surface area (Å²) in [5, 5.41) is 7.92. The number of aromatic nitrogens is 2. The lowest BCUT2D eigenvalue weighted by molar-refractivity contribution is -0.143. The van der Waals surface area contributed by atoms with Gasteiger partial charge < -0.3 is 14.3 Å². The summed E-state index contributed by atoms with van der Waals surface area (Å²) >= 11 is 7.40. The summed E-state index contributed by atoms with van der Waals surface area (Å²) in [6.07, 6.45) is 1.74. The maximum atomic E-state index is 12.8. The Labute approximate surface area is 153 Å². The number of nitrogens with zero attached hydrogens (tertiary/aromatic N) is 4. The molecule has 0 saturated carbocycles. The van der Waals surface area contributed by atoms with Crippen molar-refractivity contribution >= 4 is 34.6 Å². The minimum atomic E-state index is -0.570. The molecular weight excluding hydrogens is 364 g/mol. The molecule has 0 bridgehead atoms. The van der Waals surface area contributed by atoms with Gasteiger partial charge in [0.15, 0.2) is 5.82 Å². The number of thiophene rings is 1. The van der Waals surface area contributed by atoms with E-state index >= 15 is 0 Å². The van der Waals surface area contributed by atoms with Crippen molar-refractivity contribution in [1.29, 1.82) is 0 Å². The smallest absolute Gasteiger partial charge is 0.266 e. The van der Waals surface area contributed by atoms with E-state index in [1.165, 1.54) is 11.3 Å². The lowest BCUT2D eigenvalue weighted by atomic mass is 9.97. The van der Waals surface area contributed by atoms with Crippen LogP contribution in [0.15, 0.2) is 21.8 Å². The van der Waals surface area contributed by atoms with Gasteiger partial charge >= 0.3 is 0 Å². The van der Waals surface area contributed by atoms with Gasteiger partial charge in [-0.2, -0.15) is 4.98 Å². The Hall–Kier alpha value is -1.93. The predicted molar refractivity (Wildman–Crippen MR) is 92.9 cm³/mol. The molecule has 2 aromatic rings. The van der Waals surface area contributed by atoms with E-state index < -0.39 is 6.10 Å². The molecule has 7 nitrogen and oxygen atoms in total. The van der Waals surface area contributed by atoms with Gasteiger partial charge in [-0.1, -0.05) is 21.9 Å². The largest absolute Gasteiger partial charge is 0.382 e. The van der Waals surface area contributed by atoms with Gasteiger partial charge in [0, 0.05) is 19.5 Å². The first-order chi connectivity index (χ1) is 12.1. The highest BCUT2D eigenvalue weighted by molar-refractivity contribution is 7.18. The van der Waals surface area contributed by atoms with Crippen molar-refractivity contribution < 1.29 is 14.2 Å². The van der Waals surface area contributed by atoms with Crippen LogP contribution in [0.25, 0.3) is 0 Å². The number of carbonyl (C=O) groups is 1. The van der Waals surface area contributed by atoms with Crippen molar-refractivity contribution in [2.45, 2.75) is 38.2 Å². The molecule has 2 atom stereocenters. The average molecular weight is 381 g/mol. The number of piperidine rings is 1. The van der Waals surface area contributed by atoms with Gasteiger partial charge in [0.25, 0.3) is 5.91 Å². The van der Waals surface area contributed by atoms with Crippen molar-refractivity contribution in [3.63, 3.8) is 0 Å². The van der Waals surface area contributed by atoms with Gasteiger partial charge in [-0.05, 0) is 31.9 Å². The molecule has 0 aromatic carbocycles. The fourth-order valence-corrected chi connectivity index (χ4v) is 4.22. The fourth-order valence-electron chi connectivity index (χ4n) is 3.19. The second-order valence-corrected chi connectivity index (χ2v) is 7.96. The molecule has 0 N–H and O–H groups in total. The average Bonchev–Trinajstić information content (AvgIpc) is 3.34. The van der Waals surface area contributed by atoms with Crippen molar-refractivity contribution in [3.05, 3.63) is 33.1 Å². The van der Waals surface area contributed by atoms with Crippen LogP contribution in [0.5, 0.6) is 0 Å². The zero-order valence-corrected chi connectivity index (χ0v) is 15.2. The van der Waals surface area contributed by atoms with Crippen LogP contribution in [0.2, 0.25) is 4.34 Å². The van der Waals surface area contributed by atoms with E-state index in [9.17, 15) is 4.79 Å². The molecular formula is C16H17ClN4O3S. The van der Waals surface area contributed by atoms with E-state index in [1.807, 2.05) is 17.0 Å². The highest BCUT2D eigenvalue weighted by atomic mass is 35.5. The summed E-state index contributed by atoms with van der Waals surface area (Å²) in [6, 6.07) is 3.72. The number of likely N-dealkylation sites (tertiary alicyclic amines) is 1. The molecule has 25 heavy (non-hydrogen) atoms. The highest BCUT2D eigenvalue weighted by Gasteiger charge is 2.36. The van der Waals surface area contributed by atoms with Crippen LogP contribution in [0, 0.1) is 6.92 Å². The number of aryl methyl sites for hydroxylation is 1. The predicted octanol–water partition coefficient (Wildman–Crippen LogP) is 2.99. The molecule has 0 aliphatic carbocycles. The number of rotatable bonds is 3. The van der Waals surface area contributed by atoms with Crippen LogP contribution < -0.4 is 0 Å². The maximum Gasteiger partial charge on any atom is 0.266 e. The third-order valence-electron chi connectivity index (χ3n) is 4.43. The van der Waals surface area contributed by atoms with Gasteiger partial charge in [-0.25, -0.2) is 0 Å². The molecule has 0 radical (unpaired) electrons. The summed E-state index contributed by atoms with van der Waals surface area (Å²) in [7, 11) is 0. The Kier molecular flexibility index (Phi) is 4.47. The van der Waals surface area contributed by atoms with Gasteiger partial charge in [-0.15, -0.1) is 11.3 Å². The Balaban J connectivity index is 1.40. The minimum Gasteiger partial charge on any atom is -0.382 e. The normalized spacial score (nSPS) is 23.4. The number of oxime groups is 1. The molecule has 2 aliphatic rings. The first-order valence-corrected chi connectivity index (χ1v) is 9.37. The topological polar surface area (TPSA) is 80.8 Å². The van der Waals surface area contributed by atoms with E-state index in [4.69, 9.17) is 21.0 Å². The molecule has 1 amide bonds. The second-order valence-electron chi connectivity index (χ2n) is 6.24. The molecule has 4 heterocycles. The van der Waals surface area contributed by atoms with Crippen molar-refractivity contribution in [2.75, 3.05) is 13.1 Å². The van der Waals surface area contributed by atoms with Crippen molar-refractivity contribution in [3.8, 4) is 0 Å². The number of halogens is 1. The van der Waals surface area contributed by atoms with Crippen molar-refractivity contribution in [2.24, 2.45) is 5.16 Å². The molecule has 2 unspecified atom stereocenters. The molecule has 4 rings (SSSR count). The lowest BCUT2D eigenvalue weighted by Gasteiger charge is -2.32. The van der Waals surface area contributed by atoms with E-state index in [2.05, 4.69) is 15.3 Å². The summed E-state index contributed by atoms with van der Waals surface area (Å²) in [5.74, 6) is 1.26. The minimum absolute atomic E-state index is 0.0395. The summed E-state index contributed by atoms with van der Waals surface area (Å²) in [5.41, 5.74) is 0.774. The van der Waals surface area contributed by atoms with Gasteiger partial charge in [0.1, 0.15) is 5.71 Å². The Morgan fingerprint density at radius 1 is 1.44 bits per heavy atom. The van der Waals surface area contributed by atoms with Gasteiger partial charge in [-0.3, -0.25) is 4.79 Å². The van der Waals surface area contributed by atoms with Crippen LogP contribution in [0.1, 0.15) is 41.8 Å². The zero-order valence-electron chi connectivity index (χ0n) is 13.6. The highest BCUT2D eigenvalue weighted by Crippen LogP contribution is 2.29. The van der Waals surface area contributed by atoms with E-state index in [-0.39, 0.29) is 11.8 Å². The monoisotopic (exact) mass is 380 g/mol. The quantitative estimate of drug-likeness (QED) is 0.817. The summed E-state index contributed by atoms with van der Waals surface area (Å²) in [4.78, 5) is 25.3. The summed E-state index contributed by atoms with van der Waals surface area (Å²) < 4.78 is 5.97. The third kappa shape index (κ3) is 3.41. The number of hydrogen-bond acceptors (Lipinski definition) is 7. The van der Waals surface area contributed by atoms with Crippen LogP contribution in [0.3, 0.4) is 0 Å². The number of hydrogen-bond donors (Lipinski definition) is 0. The SMILES string of the molecule is Cc1noc(C2CCCN(C(=O)C3CC(c4ccc(Cl)s4)=NO3)C2)n1. The summed E-state index contributed by atoms with van der Waals surface area (Å²) in [6.45, 7) is 3.07. The van der Waals surface area contributed by atoms with Crippen molar-refractivity contribution in [1.82, 2.24) is 15.0 Å². The Morgan fingerprint density at radius 3 is 3.04 bits per heavy atom. The number of amides is 1. The second kappa shape index (κ2) is 6.76. The molecule has 9 heteroatoms.